The van der Waals surface area contributed by atoms with Gasteiger partial charge in [-0.2, -0.15) is 5.10 Å². The first-order valence-corrected chi connectivity index (χ1v) is 9.03. The van der Waals surface area contributed by atoms with Crippen LogP contribution in [0.4, 0.5) is 0 Å². The number of benzene rings is 2. The number of carbonyl (C=O) groups is 1. The van der Waals surface area contributed by atoms with Gasteiger partial charge in [0.1, 0.15) is 5.75 Å². The molecule has 138 valence electrons. The van der Waals surface area contributed by atoms with E-state index < -0.39 is 0 Å². The summed E-state index contributed by atoms with van der Waals surface area (Å²) in [5, 5.41) is 4.07. The molecule has 0 saturated heterocycles. The predicted octanol–water partition coefficient (Wildman–Crippen LogP) is 4.65. The topological polar surface area (TPSA) is 50.7 Å². The third kappa shape index (κ3) is 5.19. The zero-order valence-corrected chi connectivity index (χ0v) is 16.3. The average Bonchev–Trinajstić information content (AvgIpc) is 2.61. The molecule has 0 fully saturated rings. The minimum Gasteiger partial charge on any atom is -0.483 e. The molecule has 2 rings (SSSR count). The monoisotopic (exact) mass is 352 g/mol. The third-order valence-electron chi connectivity index (χ3n) is 4.54. The number of ether oxygens (including phenoxy) is 1. The predicted molar refractivity (Wildman–Crippen MR) is 107 cm³/mol. The second kappa shape index (κ2) is 9.18. The molecule has 0 aliphatic rings. The molecule has 4 nitrogen and oxygen atoms in total. The number of para-hydroxylation sites is 1. The van der Waals surface area contributed by atoms with Crippen molar-refractivity contribution in [2.75, 3.05) is 6.61 Å². The van der Waals surface area contributed by atoms with E-state index in [0.29, 0.717) is 5.92 Å². The lowest BCUT2D eigenvalue weighted by molar-refractivity contribution is -0.123. The number of carbonyl (C=O) groups excluding carboxylic acids is 1. The molecule has 1 unspecified atom stereocenters. The molecule has 26 heavy (non-hydrogen) atoms. The Morgan fingerprint density at radius 3 is 2.50 bits per heavy atom. The number of amides is 1. The van der Waals surface area contributed by atoms with Gasteiger partial charge in [-0.3, -0.25) is 4.79 Å². The minimum absolute atomic E-state index is 0.0589. The van der Waals surface area contributed by atoms with E-state index in [0.717, 1.165) is 34.4 Å². The summed E-state index contributed by atoms with van der Waals surface area (Å²) < 4.78 is 5.70. The Kier molecular flexibility index (Phi) is 6.96. The molecule has 0 spiro atoms. The van der Waals surface area contributed by atoms with Crippen LogP contribution in [0.5, 0.6) is 5.75 Å². The molecule has 2 aromatic carbocycles. The van der Waals surface area contributed by atoms with Gasteiger partial charge in [0, 0.05) is 5.56 Å². The molecule has 0 heterocycles. The molecule has 4 heteroatoms. The zero-order valence-electron chi connectivity index (χ0n) is 16.3. The Balaban J connectivity index is 1.95. The highest BCUT2D eigenvalue weighted by molar-refractivity contribution is 5.85. The molecule has 0 bridgehead atoms. The van der Waals surface area contributed by atoms with Crippen molar-refractivity contribution in [3.63, 3.8) is 0 Å². The van der Waals surface area contributed by atoms with Gasteiger partial charge in [-0.15, -0.1) is 0 Å². The maximum Gasteiger partial charge on any atom is 0.277 e. The van der Waals surface area contributed by atoms with Gasteiger partial charge in [-0.1, -0.05) is 49.7 Å². The lowest BCUT2D eigenvalue weighted by atomic mass is 9.98. The van der Waals surface area contributed by atoms with Crippen LogP contribution in [0.15, 0.2) is 41.5 Å². The van der Waals surface area contributed by atoms with Crippen LogP contribution in [-0.2, 0) is 4.79 Å². The largest absolute Gasteiger partial charge is 0.483 e. The van der Waals surface area contributed by atoms with Crippen molar-refractivity contribution >= 4 is 12.1 Å². The van der Waals surface area contributed by atoms with Crippen LogP contribution in [0.3, 0.4) is 0 Å². The van der Waals surface area contributed by atoms with Gasteiger partial charge in [0.05, 0.1) is 6.21 Å². The minimum atomic E-state index is -0.275. The normalized spacial score (nSPS) is 12.2. The molecule has 0 aromatic heterocycles. The van der Waals surface area contributed by atoms with E-state index in [2.05, 4.69) is 43.4 Å². The molecule has 1 N–H and O–H groups in total. The van der Waals surface area contributed by atoms with E-state index >= 15 is 0 Å². The summed E-state index contributed by atoms with van der Waals surface area (Å²) in [6.45, 7) is 10.4. The molecular formula is C22H28N2O2. The van der Waals surface area contributed by atoms with Gasteiger partial charge in [0.15, 0.2) is 6.61 Å². The molecule has 2 aromatic rings. The average molecular weight is 352 g/mol. The smallest absolute Gasteiger partial charge is 0.277 e. The second-order valence-electron chi connectivity index (χ2n) is 6.74. The van der Waals surface area contributed by atoms with Crippen LogP contribution in [0.25, 0.3) is 0 Å². The maximum atomic E-state index is 12.0. The van der Waals surface area contributed by atoms with Crippen molar-refractivity contribution < 1.29 is 9.53 Å². The summed E-state index contributed by atoms with van der Waals surface area (Å²) in [6, 6.07) is 12.1. The van der Waals surface area contributed by atoms with E-state index in [4.69, 9.17) is 4.74 Å². The fraction of sp³-hybridized carbons (Fsp3) is 0.364. The van der Waals surface area contributed by atoms with Gasteiger partial charge in [-0.25, -0.2) is 5.43 Å². The fourth-order valence-electron chi connectivity index (χ4n) is 2.98. The van der Waals surface area contributed by atoms with Crippen LogP contribution < -0.4 is 10.2 Å². The van der Waals surface area contributed by atoms with E-state index in [9.17, 15) is 4.79 Å². The number of nitrogens with zero attached hydrogens (tertiary/aromatic N) is 1. The first-order chi connectivity index (χ1) is 12.4. The first kappa shape index (κ1) is 19.7. The van der Waals surface area contributed by atoms with Crippen LogP contribution in [0, 0.1) is 20.8 Å². The SMILES string of the molecule is CCC(C)c1ccccc1OCC(=O)NN=Cc1c(C)cc(C)cc1C. The Bertz CT molecular complexity index is 773. The molecule has 1 amide bonds. The Morgan fingerprint density at radius 2 is 1.85 bits per heavy atom. The Hall–Kier alpha value is -2.62. The summed E-state index contributed by atoms with van der Waals surface area (Å²) >= 11 is 0. The number of rotatable bonds is 7. The number of hydrazone groups is 1. The summed E-state index contributed by atoms with van der Waals surface area (Å²) in [5.74, 6) is 0.869. The fourth-order valence-corrected chi connectivity index (χ4v) is 2.98. The summed E-state index contributed by atoms with van der Waals surface area (Å²) in [6.07, 6.45) is 2.71. The van der Waals surface area contributed by atoms with Crippen molar-refractivity contribution in [3.8, 4) is 5.75 Å². The van der Waals surface area contributed by atoms with Gasteiger partial charge in [0.25, 0.3) is 5.91 Å². The summed E-state index contributed by atoms with van der Waals surface area (Å²) in [5.41, 5.74) is 8.18. The van der Waals surface area contributed by atoms with E-state index in [-0.39, 0.29) is 12.5 Å². The lowest BCUT2D eigenvalue weighted by Crippen LogP contribution is -2.25. The second-order valence-corrected chi connectivity index (χ2v) is 6.74. The van der Waals surface area contributed by atoms with Gasteiger partial charge >= 0.3 is 0 Å². The summed E-state index contributed by atoms with van der Waals surface area (Å²) in [7, 11) is 0. The maximum absolute atomic E-state index is 12.0. The third-order valence-corrected chi connectivity index (χ3v) is 4.54. The van der Waals surface area contributed by atoms with Crippen molar-refractivity contribution in [1.82, 2.24) is 5.43 Å². The van der Waals surface area contributed by atoms with Crippen molar-refractivity contribution in [2.45, 2.75) is 47.0 Å². The highest BCUT2D eigenvalue weighted by Crippen LogP contribution is 2.28. The number of nitrogens with one attached hydrogen (secondary N) is 1. The highest BCUT2D eigenvalue weighted by Gasteiger charge is 2.11. The number of hydrogen-bond donors (Lipinski definition) is 1. The van der Waals surface area contributed by atoms with Crippen molar-refractivity contribution in [3.05, 3.63) is 64.2 Å². The highest BCUT2D eigenvalue weighted by atomic mass is 16.5. The van der Waals surface area contributed by atoms with Crippen LogP contribution in [0.2, 0.25) is 0 Å². The van der Waals surface area contributed by atoms with Gasteiger partial charge in [0.2, 0.25) is 0 Å². The summed E-state index contributed by atoms with van der Waals surface area (Å²) in [4.78, 5) is 12.0. The van der Waals surface area contributed by atoms with Crippen molar-refractivity contribution in [2.24, 2.45) is 5.10 Å². The Labute approximate surface area is 156 Å². The van der Waals surface area contributed by atoms with E-state index in [1.54, 1.807) is 6.21 Å². The van der Waals surface area contributed by atoms with Crippen LogP contribution in [0.1, 0.15) is 54.0 Å². The van der Waals surface area contributed by atoms with E-state index in [1.807, 2.05) is 38.1 Å². The van der Waals surface area contributed by atoms with Crippen molar-refractivity contribution in [1.29, 1.82) is 0 Å². The molecule has 1 atom stereocenters. The Morgan fingerprint density at radius 1 is 1.19 bits per heavy atom. The molecule has 0 saturated carbocycles. The molecule has 0 radical (unpaired) electrons. The van der Waals surface area contributed by atoms with Gasteiger partial charge in [-0.05, 0) is 55.9 Å². The molecule has 0 aliphatic carbocycles. The first-order valence-electron chi connectivity index (χ1n) is 9.03. The standard InChI is InChI=1S/C22H28N2O2/c1-6-16(3)19-9-7-8-10-21(19)26-14-22(25)24-23-13-20-17(4)11-15(2)12-18(20)5/h7-13,16H,6,14H2,1-5H3,(H,24,25). The number of aryl methyl sites for hydroxylation is 3. The lowest BCUT2D eigenvalue weighted by Gasteiger charge is -2.15. The number of hydrogen-bond acceptors (Lipinski definition) is 3. The molecular weight excluding hydrogens is 324 g/mol. The van der Waals surface area contributed by atoms with E-state index in [1.165, 1.54) is 5.56 Å². The quantitative estimate of drug-likeness (QED) is 0.582. The van der Waals surface area contributed by atoms with Gasteiger partial charge < -0.3 is 4.74 Å². The van der Waals surface area contributed by atoms with Crippen LogP contribution in [-0.4, -0.2) is 18.7 Å². The molecule has 0 aliphatic heterocycles. The van der Waals surface area contributed by atoms with Crippen LogP contribution >= 0.6 is 0 Å². The zero-order chi connectivity index (χ0) is 19.1.